The van der Waals surface area contributed by atoms with E-state index in [1.54, 1.807) is 0 Å². The summed E-state index contributed by atoms with van der Waals surface area (Å²) in [5.41, 5.74) is 3.65. The van der Waals surface area contributed by atoms with E-state index in [1.165, 1.54) is 16.8 Å². The summed E-state index contributed by atoms with van der Waals surface area (Å²) in [5, 5.41) is 3.11. The highest BCUT2D eigenvalue weighted by molar-refractivity contribution is 5.74. The number of hydrogen-bond acceptors (Lipinski definition) is 4. The Morgan fingerprint density at radius 1 is 1.00 bits per heavy atom. The highest BCUT2D eigenvalue weighted by Crippen LogP contribution is 2.15. The molecule has 0 aliphatic carbocycles. The molecule has 0 radical (unpaired) electrons. The third-order valence-electron chi connectivity index (χ3n) is 5.43. The molecule has 6 nitrogen and oxygen atoms in total. The fourth-order valence-corrected chi connectivity index (χ4v) is 3.58. The van der Waals surface area contributed by atoms with Gasteiger partial charge < -0.3 is 15.1 Å². The Hall–Kier alpha value is -2.60. The molecule has 2 amide bonds. The number of urea groups is 1. The van der Waals surface area contributed by atoms with Crippen molar-refractivity contribution in [1.29, 1.82) is 0 Å². The molecule has 1 aromatic heterocycles. The van der Waals surface area contributed by atoms with Gasteiger partial charge in [0.15, 0.2) is 0 Å². The van der Waals surface area contributed by atoms with Gasteiger partial charge >= 0.3 is 6.03 Å². The van der Waals surface area contributed by atoms with E-state index in [1.807, 2.05) is 35.5 Å². The van der Waals surface area contributed by atoms with Crippen molar-refractivity contribution in [2.24, 2.45) is 0 Å². The van der Waals surface area contributed by atoms with Gasteiger partial charge in [0.25, 0.3) is 0 Å². The minimum absolute atomic E-state index is 0.0204. The zero-order valence-electron chi connectivity index (χ0n) is 17.0. The first-order valence-electron chi connectivity index (χ1n) is 10.2. The van der Waals surface area contributed by atoms with Crippen molar-refractivity contribution in [3.05, 3.63) is 59.9 Å². The van der Waals surface area contributed by atoms with Crippen LogP contribution in [0.1, 0.15) is 25.0 Å². The second-order valence-electron chi connectivity index (χ2n) is 7.07. The number of pyridine rings is 1. The van der Waals surface area contributed by atoms with E-state index in [-0.39, 0.29) is 6.03 Å². The highest BCUT2D eigenvalue weighted by atomic mass is 16.2. The molecule has 2 aromatic rings. The lowest BCUT2D eigenvalue weighted by atomic mass is 10.1. The molecule has 1 aliphatic heterocycles. The normalized spacial score (nSPS) is 14.4. The number of carbonyl (C=O) groups is 1. The van der Waals surface area contributed by atoms with Crippen molar-refractivity contribution in [2.45, 2.75) is 26.9 Å². The van der Waals surface area contributed by atoms with Crippen molar-refractivity contribution in [3.8, 4) is 0 Å². The summed E-state index contributed by atoms with van der Waals surface area (Å²) >= 11 is 0. The van der Waals surface area contributed by atoms with Crippen LogP contribution in [0.25, 0.3) is 0 Å². The van der Waals surface area contributed by atoms with Gasteiger partial charge in [0.05, 0.1) is 0 Å². The number of nitrogens with zero attached hydrogens (tertiary/aromatic N) is 4. The van der Waals surface area contributed by atoms with E-state index in [4.69, 9.17) is 0 Å². The number of benzene rings is 1. The average molecular weight is 382 g/mol. The van der Waals surface area contributed by atoms with Crippen LogP contribution in [0.5, 0.6) is 0 Å². The predicted molar refractivity (Wildman–Crippen MR) is 113 cm³/mol. The maximum atomic E-state index is 12.6. The highest BCUT2D eigenvalue weighted by Gasteiger charge is 2.21. The SMILES string of the molecule is CCN(CC)Cc1ccccc1CNC(=O)N1CCN(c2ccncc2)CC1. The van der Waals surface area contributed by atoms with Crippen molar-refractivity contribution >= 4 is 11.7 Å². The number of carbonyl (C=O) groups excluding carboxylic acids is 1. The van der Waals surface area contributed by atoms with Crippen LogP contribution in [0.2, 0.25) is 0 Å². The molecule has 2 heterocycles. The van der Waals surface area contributed by atoms with Gasteiger partial charge in [0.1, 0.15) is 0 Å². The largest absolute Gasteiger partial charge is 0.368 e. The number of rotatable bonds is 7. The summed E-state index contributed by atoms with van der Waals surface area (Å²) in [6, 6.07) is 12.4. The fraction of sp³-hybridized carbons (Fsp3) is 0.455. The Labute approximate surface area is 168 Å². The molecule has 1 aliphatic rings. The lowest BCUT2D eigenvalue weighted by Gasteiger charge is -2.36. The lowest BCUT2D eigenvalue weighted by molar-refractivity contribution is 0.194. The Kier molecular flexibility index (Phi) is 7.25. The van der Waals surface area contributed by atoms with Gasteiger partial charge in [-0.3, -0.25) is 9.88 Å². The molecule has 28 heavy (non-hydrogen) atoms. The molecule has 150 valence electrons. The number of anilines is 1. The summed E-state index contributed by atoms with van der Waals surface area (Å²) in [4.78, 5) is 23.3. The van der Waals surface area contributed by atoms with Gasteiger partial charge in [-0.2, -0.15) is 0 Å². The van der Waals surface area contributed by atoms with Crippen LogP contribution >= 0.6 is 0 Å². The molecule has 0 spiro atoms. The quantitative estimate of drug-likeness (QED) is 0.801. The van der Waals surface area contributed by atoms with Crippen LogP contribution in [-0.4, -0.2) is 60.1 Å². The fourth-order valence-electron chi connectivity index (χ4n) is 3.58. The zero-order valence-corrected chi connectivity index (χ0v) is 17.0. The predicted octanol–water partition coefficient (Wildman–Crippen LogP) is 2.96. The third kappa shape index (κ3) is 5.23. The van der Waals surface area contributed by atoms with Gasteiger partial charge in [-0.25, -0.2) is 4.79 Å². The summed E-state index contributed by atoms with van der Waals surface area (Å²) in [7, 11) is 0. The van der Waals surface area contributed by atoms with Crippen LogP contribution in [0.4, 0.5) is 10.5 Å². The van der Waals surface area contributed by atoms with Crippen LogP contribution in [0, 0.1) is 0 Å². The molecule has 0 atom stereocenters. The third-order valence-corrected chi connectivity index (χ3v) is 5.43. The summed E-state index contributed by atoms with van der Waals surface area (Å²) in [6.07, 6.45) is 3.62. The summed E-state index contributed by atoms with van der Waals surface area (Å²) in [6.45, 7) is 11.1. The summed E-state index contributed by atoms with van der Waals surface area (Å²) in [5.74, 6) is 0. The van der Waals surface area contributed by atoms with Crippen molar-refractivity contribution in [3.63, 3.8) is 0 Å². The van der Waals surface area contributed by atoms with Gasteiger partial charge in [-0.1, -0.05) is 38.1 Å². The molecular weight excluding hydrogens is 350 g/mol. The second-order valence-corrected chi connectivity index (χ2v) is 7.07. The van der Waals surface area contributed by atoms with E-state index < -0.39 is 0 Å². The molecule has 1 saturated heterocycles. The first-order chi connectivity index (χ1) is 13.7. The molecule has 0 unspecified atom stereocenters. The van der Waals surface area contributed by atoms with Gasteiger partial charge in [0.2, 0.25) is 0 Å². The molecule has 0 bridgehead atoms. The first-order valence-corrected chi connectivity index (χ1v) is 10.2. The second kappa shape index (κ2) is 10.1. The number of nitrogens with one attached hydrogen (secondary N) is 1. The van der Waals surface area contributed by atoms with E-state index >= 15 is 0 Å². The molecule has 0 saturated carbocycles. The Morgan fingerprint density at radius 3 is 2.29 bits per heavy atom. The van der Waals surface area contributed by atoms with Crippen LogP contribution in [-0.2, 0) is 13.1 Å². The van der Waals surface area contributed by atoms with Crippen molar-refractivity contribution in [2.75, 3.05) is 44.2 Å². The first kappa shape index (κ1) is 20.1. The molecule has 1 aromatic carbocycles. The van der Waals surface area contributed by atoms with E-state index in [2.05, 4.69) is 52.1 Å². The lowest BCUT2D eigenvalue weighted by Crippen LogP contribution is -2.51. The van der Waals surface area contributed by atoms with Crippen molar-refractivity contribution in [1.82, 2.24) is 20.1 Å². The van der Waals surface area contributed by atoms with Crippen LogP contribution < -0.4 is 10.2 Å². The molecule has 6 heteroatoms. The Morgan fingerprint density at radius 2 is 1.64 bits per heavy atom. The Balaban J connectivity index is 1.51. The maximum Gasteiger partial charge on any atom is 0.317 e. The van der Waals surface area contributed by atoms with Crippen LogP contribution in [0.15, 0.2) is 48.8 Å². The topological polar surface area (TPSA) is 51.7 Å². The van der Waals surface area contributed by atoms with Crippen LogP contribution in [0.3, 0.4) is 0 Å². The molecule has 3 rings (SSSR count). The Bertz CT molecular complexity index is 740. The standard InChI is InChI=1S/C22H31N5O/c1-3-25(4-2)18-20-8-6-5-7-19(20)17-24-22(28)27-15-13-26(14-16-27)21-9-11-23-12-10-21/h5-12H,3-4,13-18H2,1-2H3,(H,24,28). The van der Waals surface area contributed by atoms with E-state index in [0.717, 1.165) is 45.8 Å². The number of hydrogen-bond donors (Lipinski definition) is 1. The molecule has 1 N–H and O–H groups in total. The number of aromatic nitrogens is 1. The van der Waals surface area contributed by atoms with Gasteiger partial charge in [-0.05, 0) is 36.3 Å². The summed E-state index contributed by atoms with van der Waals surface area (Å²) < 4.78 is 0. The zero-order chi connectivity index (χ0) is 19.8. The average Bonchev–Trinajstić information content (AvgIpc) is 2.77. The monoisotopic (exact) mass is 381 g/mol. The van der Waals surface area contributed by atoms with Crippen molar-refractivity contribution < 1.29 is 4.79 Å². The maximum absolute atomic E-state index is 12.6. The molecular formula is C22H31N5O. The molecule has 1 fully saturated rings. The smallest absolute Gasteiger partial charge is 0.317 e. The van der Waals surface area contributed by atoms with E-state index in [9.17, 15) is 4.79 Å². The number of piperazine rings is 1. The minimum Gasteiger partial charge on any atom is -0.368 e. The van der Waals surface area contributed by atoms with E-state index in [0.29, 0.717) is 6.54 Å². The number of amides is 2. The van der Waals surface area contributed by atoms with Gasteiger partial charge in [-0.15, -0.1) is 0 Å². The van der Waals surface area contributed by atoms with Gasteiger partial charge in [0, 0.05) is 57.3 Å². The minimum atomic E-state index is 0.0204.